The zero-order chi connectivity index (χ0) is 26.2. The van der Waals surface area contributed by atoms with Gasteiger partial charge in [0.2, 0.25) is 0 Å². The van der Waals surface area contributed by atoms with Crippen molar-refractivity contribution in [2.24, 2.45) is 0 Å². The molecule has 0 aliphatic carbocycles. The van der Waals surface area contributed by atoms with Gasteiger partial charge in [0.1, 0.15) is 5.75 Å². The molecule has 0 unspecified atom stereocenters. The predicted octanol–water partition coefficient (Wildman–Crippen LogP) is 4.12. The molecule has 0 heterocycles. The van der Waals surface area contributed by atoms with Gasteiger partial charge in [-0.1, -0.05) is 54.1 Å². The highest BCUT2D eigenvalue weighted by Crippen LogP contribution is 2.24. The maximum absolute atomic E-state index is 12.4. The molecule has 0 saturated heterocycles. The number of hydrazine groups is 1. The van der Waals surface area contributed by atoms with Crippen LogP contribution in [0.1, 0.15) is 26.3 Å². The number of carbonyl (C=O) groups excluding carboxylic acids is 3. The third-order valence-electron chi connectivity index (χ3n) is 5.34. The highest BCUT2D eigenvalue weighted by Gasteiger charge is 2.11. The number of hydrogen-bond acceptors (Lipinski definition) is 5. The lowest BCUT2D eigenvalue weighted by atomic mass is 10.1. The van der Waals surface area contributed by atoms with Crippen LogP contribution in [0, 0.1) is 6.92 Å². The lowest BCUT2D eigenvalue weighted by Gasteiger charge is -2.12. The van der Waals surface area contributed by atoms with Crippen molar-refractivity contribution < 1.29 is 19.1 Å². The number of fused-ring (bicyclic) bond motifs is 1. The van der Waals surface area contributed by atoms with Gasteiger partial charge in [-0.3, -0.25) is 30.6 Å². The van der Waals surface area contributed by atoms with Crippen LogP contribution < -0.4 is 26.2 Å². The molecule has 0 radical (unpaired) electrons. The summed E-state index contributed by atoms with van der Waals surface area (Å²) >= 11 is 5.07. The molecule has 3 amide bonds. The Morgan fingerprint density at radius 2 is 1.51 bits per heavy atom. The molecular weight excluding hydrogens is 488 g/mol. The first kappa shape index (κ1) is 25.3. The number of rotatable bonds is 6. The number of thiocarbonyl (C=S) groups is 1. The summed E-state index contributed by atoms with van der Waals surface area (Å²) in [5, 5.41) is 7.06. The van der Waals surface area contributed by atoms with Gasteiger partial charge in [-0.05, 0) is 67.0 Å². The van der Waals surface area contributed by atoms with Crippen molar-refractivity contribution >= 4 is 51.5 Å². The van der Waals surface area contributed by atoms with Gasteiger partial charge < -0.3 is 10.1 Å². The van der Waals surface area contributed by atoms with E-state index in [4.69, 9.17) is 17.0 Å². The van der Waals surface area contributed by atoms with Gasteiger partial charge in [-0.2, -0.15) is 0 Å². The van der Waals surface area contributed by atoms with Gasteiger partial charge in [0.05, 0.1) is 0 Å². The van der Waals surface area contributed by atoms with Crippen molar-refractivity contribution in [2.45, 2.75) is 6.92 Å². The standard InChI is InChI=1S/C28H24N4O4S/c1-18-6-4-9-21(16-18)26(34)29-22-14-12-20(13-15-22)27(35)31-32-28(37)30-25(33)17-36-24-11-5-8-19-7-2-3-10-23(19)24/h2-16H,17H2,1H3,(H,29,34)(H,31,35)(H2,30,32,33,37). The lowest BCUT2D eigenvalue weighted by molar-refractivity contribution is -0.121. The van der Waals surface area contributed by atoms with E-state index in [9.17, 15) is 14.4 Å². The first-order valence-electron chi connectivity index (χ1n) is 11.4. The summed E-state index contributed by atoms with van der Waals surface area (Å²) in [5.74, 6) is -0.611. The smallest absolute Gasteiger partial charge is 0.269 e. The van der Waals surface area contributed by atoms with Crippen LogP contribution in [0.3, 0.4) is 0 Å². The lowest BCUT2D eigenvalue weighted by Crippen LogP contribution is -2.49. The highest BCUT2D eigenvalue weighted by atomic mass is 32.1. The van der Waals surface area contributed by atoms with Gasteiger partial charge in [0.15, 0.2) is 11.7 Å². The zero-order valence-corrected chi connectivity index (χ0v) is 20.7. The fourth-order valence-electron chi connectivity index (χ4n) is 3.54. The summed E-state index contributed by atoms with van der Waals surface area (Å²) in [7, 11) is 0. The topological polar surface area (TPSA) is 109 Å². The van der Waals surface area contributed by atoms with E-state index in [-0.39, 0.29) is 17.6 Å². The maximum Gasteiger partial charge on any atom is 0.269 e. The number of nitrogens with one attached hydrogen (secondary N) is 4. The van der Waals surface area contributed by atoms with Crippen molar-refractivity contribution in [1.29, 1.82) is 0 Å². The average molecular weight is 513 g/mol. The fourth-order valence-corrected chi connectivity index (χ4v) is 3.70. The molecule has 186 valence electrons. The minimum absolute atomic E-state index is 0.0816. The Bertz CT molecular complexity index is 1470. The molecule has 0 bridgehead atoms. The van der Waals surface area contributed by atoms with E-state index in [1.165, 1.54) is 0 Å². The normalized spacial score (nSPS) is 10.3. The van der Waals surface area contributed by atoms with E-state index in [1.807, 2.05) is 55.5 Å². The van der Waals surface area contributed by atoms with E-state index >= 15 is 0 Å². The number of carbonyl (C=O) groups is 3. The Hall–Kier alpha value is -4.76. The van der Waals surface area contributed by atoms with Gasteiger partial charge in [0.25, 0.3) is 17.7 Å². The molecule has 0 spiro atoms. The van der Waals surface area contributed by atoms with Gasteiger partial charge in [-0.15, -0.1) is 0 Å². The Morgan fingerprint density at radius 1 is 0.784 bits per heavy atom. The monoisotopic (exact) mass is 512 g/mol. The van der Waals surface area contributed by atoms with Gasteiger partial charge in [0, 0.05) is 22.2 Å². The first-order valence-corrected chi connectivity index (χ1v) is 11.8. The van der Waals surface area contributed by atoms with Crippen molar-refractivity contribution in [3.8, 4) is 5.75 Å². The van der Waals surface area contributed by atoms with Crippen LogP contribution in [0.25, 0.3) is 10.8 Å². The molecule has 0 aromatic heterocycles. The highest BCUT2D eigenvalue weighted by molar-refractivity contribution is 7.80. The second kappa shape index (κ2) is 11.8. The van der Waals surface area contributed by atoms with E-state index in [0.29, 0.717) is 22.6 Å². The van der Waals surface area contributed by atoms with E-state index in [0.717, 1.165) is 16.3 Å². The molecule has 0 aliphatic heterocycles. The maximum atomic E-state index is 12.4. The molecule has 4 aromatic carbocycles. The SMILES string of the molecule is Cc1cccc(C(=O)Nc2ccc(C(=O)NNC(=S)NC(=O)COc3cccc4ccccc34)cc2)c1. The second-order valence-corrected chi connectivity index (χ2v) is 8.53. The molecular formula is C28H24N4O4S. The van der Waals surface area contributed by atoms with Crippen LogP contribution >= 0.6 is 12.2 Å². The van der Waals surface area contributed by atoms with Crippen molar-refractivity contribution in [3.63, 3.8) is 0 Å². The Morgan fingerprint density at radius 3 is 2.30 bits per heavy atom. The zero-order valence-electron chi connectivity index (χ0n) is 19.9. The molecule has 9 heteroatoms. The van der Waals surface area contributed by atoms with Crippen molar-refractivity contribution in [3.05, 3.63) is 108 Å². The number of ether oxygens (including phenoxy) is 1. The number of anilines is 1. The fraction of sp³-hybridized carbons (Fsp3) is 0.0714. The number of aryl methyl sites for hydroxylation is 1. The number of hydrogen-bond donors (Lipinski definition) is 4. The summed E-state index contributed by atoms with van der Waals surface area (Å²) in [6.45, 7) is 1.66. The summed E-state index contributed by atoms with van der Waals surface area (Å²) in [6.07, 6.45) is 0. The molecule has 4 rings (SSSR count). The molecule has 0 aliphatic rings. The quantitative estimate of drug-likeness (QED) is 0.229. The molecule has 37 heavy (non-hydrogen) atoms. The first-order chi connectivity index (χ1) is 17.9. The largest absolute Gasteiger partial charge is 0.483 e. The Labute approximate surface area is 219 Å². The minimum atomic E-state index is -0.478. The number of amides is 3. The minimum Gasteiger partial charge on any atom is -0.483 e. The Balaban J connectivity index is 1.22. The summed E-state index contributed by atoms with van der Waals surface area (Å²) < 4.78 is 5.63. The van der Waals surface area contributed by atoms with E-state index in [1.54, 1.807) is 42.5 Å². The third-order valence-corrected chi connectivity index (χ3v) is 5.54. The summed E-state index contributed by atoms with van der Waals surface area (Å²) in [5.41, 5.74) is 7.31. The van der Waals surface area contributed by atoms with Crippen LogP contribution in [0.4, 0.5) is 5.69 Å². The average Bonchev–Trinajstić information content (AvgIpc) is 2.91. The van der Waals surface area contributed by atoms with Crippen LogP contribution in [0.5, 0.6) is 5.75 Å². The molecule has 0 fully saturated rings. The van der Waals surface area contributed by atoms with Crippen LogP contribution in [0.15, 0.2) is 91.0 Å². The molecule has 8 nitrogen and oxygen atoms in total. The van der Waals surface area contributed by atoms with Crippen LogP contribution in [-0.4, -0.2) is 29.4 Å². The molecule has 4 aromatic rings. The van der Waals surface area contributed by atoms with E-state index < -0.39 is 11.8 Å². The van der Waals surface area contributed by atoms with Crippen molar-refractivity contribution in [2.75, 3.05) is 11.9 Å². The predicted molar refractivity (Wildman–Crippen MR) is 146 cm³/mol. The molecule has 4 N–H and O–H groups in total. The van der Waals surface area contributed by atoms with Crippen molar-refractivity contribution in [1.82, 2.24) is 16.2 Å². The molecule has 0 saturated carbocycles. The second-order valence-electron chi connectivity index (χ2n) is 8.12. The van der Waals surface area contributed by atoms with Crippen LogP contribution in [0.2, 0.25) is 0 Å². The molecule has 0 atom stereocenters. The number of benzene rings is 4. The Kier molecular flexibility index (Phi) is 8.07. The summed E-state index contributed by atoms with van der Waals surface area (Å²) in [6, 6.07) is 26.9. The van der Waals surface area contributed by atoms with Gasteiger partial charge >= 0.3 is 0 Å². The van der Waals surface area contributed by atoms with E-state index in [2.05, 4.69) is 21.5 Å². The van der Waals surface area contributed by atoms with Gasteiger partial charge in [-0.25, -0.2) is 0 Å². The summed E-state index contributed by atoms with van der Waals surface area (Å²) in [4.78, 5) is 37.0. The third kappa shape index (κ3) is 6.89. The van der Waals surface area contributed by atoms with Crippen LogP contribution in [-0.2, 0) is 4.79 Å².